The van der Waals surface area contributed by atoms with E-state index in [-0.39, 0.29) is 6.10 Å². The fourth-order valence-corrected chi connectivity index (χ4v) is 3.74. The lowest BCUT2D eigenvalue weighted by molar-refractivity contribution is 0.209. The minimum absolute atomic E-state index is 0.212. The van der Waals surface area contributed by atoms with Crippen molar-refractivity contribution in [3.05, 3.63) is 64.9 Å². The Morgan fingerprint density at radius 2 is 1.70 bits per heavy atom. The number of nitrogens with zero attached hydrogens (tertiary/aromatic N) is 3. The van der Waals surface area contributed by atoms with Gasteiger partial charge >= 0.3 is 0 Å². The molecule has 27 heavy (non-hydrogen) atoms. The van der Waals surface area contributed by atoms with Gasteiger partial charge in [0.25, 0.3) is 0 Å². The fraction of sp³-hybridized carbons (Fsp3) is 0.300. The summed E-state index contributed by atoms with van der Waals surface area (Å²) in [5.41, 5.74) is 1.19. The van der Waals surface area contributed by atoms with Crippen molar-refractivity contribution >= 4 is 23.4 Å². The van der Waals surface area contributed by atoms with Crippen molar-refractivity contribution in [1.82, 2.24) is 14.8 Å². The highest BCUT2D eigenvalue weighted by Gasteiger charge is 2.18. The van der Waals surface area contributed by atoms with Gasteiger partial charge in [-0.1, -0.05) is 35.5 Å². The number of hydrogen-bond acceptors (Lipinski definition) is 5. The quantitative estimate of drug-likeness (QED) is 0.472. The molecule has 0 amide bonds. The lowest BCUT2D eigenvalue weighted by atomic mass is 10.2. The molecule has 0 N–H and O–H groups in total. The molecule has 0 aliphatic heterocycles. The monoisotopic (exact) mass is 403 g/mol. The first kappa shape index (κ1) is 19.6. The predicted octanol–water partition coefficient (Wildman–Crippen LogP) is 5.39. The van der Waals surface area contributed by atoms with E-state index in [0.29, 0.717) is 0 Å². The minimum atomic E-state index is -0.212. The van der Waals surface area contributed by atoms with Gasteiger partial charge in [0.1, 0.15) is 11.5 Å². The number of aromatic nitrogens is 3. The van der Waals surface area contributed by atoms with Crippen molar-refractivity contribution in [2.45, 2.75) is 37.4 Å². The van der Waals surface area contributed by atoms with Gasteiger partial charge < -0.3 is 14.0 Å². The van der Waals surface area contributed by atoms with Crippen LogP contribution in [-0.4, -0.2) is 21.9 Å². The summed E-state index contributed by atoms with van der Waals surface area (Å²) in [5, 5.41) is 10.3. The third-order valence-corrected chi connectivity index (χ3v) is 5.37. The van der Waals surface area contributed by atoms with Crippen LogP contribution in [0.25, 0.3) is 0 Å². The smallest absolute Gasteiger partial charge is 0.191 e. The van der Waals surface area contributed by atoms with E-state index in [1.807, 2.05) is 55.5 Å². The Kier molecular flexibility index (Phi) is 6.63. The summed E-state index contributed by atoms with van der Waals surface area (Å²) >= 11 is 7.60. The third kappa shape index (κ3) is 4.96. The summed E-state index contributed by atoms with van der Waals surface area (Å²) in [6.45, 7) is 4.84. The first-order valence-corrected chi connectivity index (χ1v) is 10.1. The van der Waals surface area contributed by atoms with Crippen LogP contribution in [0, 0.1) is 0 Å². The molecule has 0 fully saturated rings. The summed E-state index contributed by atoms with van der Waals surface area (Å²) in [6, 6.07) is 15.4. The van der Waals surface area contributed by atoms with Crippen molar-refractivity contribution in [3.8, 4) is 11.5 Å². The van der Waals surface area contributed by atoms with E-state index in [4.69, 9.17) is 21.1 Å². The number of ether oxygens (including phenoxy) is 2. The van der Waals surface area contributed by atoms with Crippen molar-refractivity contribution in [3.63, 3.8) is 0 Å². The second kappa shape index (κ2) is 9.15. The molecule has 3 rings (SSSR count). The summed E-state index contributed by atoms with van der Waals surface area (Å²) in [4.78, 5) is 0. The molecule has 5 nitrogen and oxygen atoms in total. The lowest BCUT2D eigenvalue weighted by Gasteiger charge is -2.16. The van der Waals surface area contributed by atoms with Gasteiger partial charge in [-0.05, 0) is 55.8 Å². The molecule has 1 atom stereocenters. The minimum Gasteiger partial charge on any atom is -0.497 e. The molecule has 7 heteroatoms. The van der Waals surface area contributed by atoms with Gasteiger partial charge in [-0.25, -0.2) is 0 Å². The van der Waals surface area contributed by atoms with E-state index in [1.54, 1.807) is 18.9 Å². The first-order valence-electron chi connectivity index (χ1n) is 8.71. The topological polar surface area (TPSA) is 49.2 Å². The maximum atomic E-state index is 6.03. The van der Waals surface area contributed by atoms with E-state index < -0.39 is 0 Å². The Morgan fingerprint density at radius 1 is 1.04 bits per heavy atom. The van der Waals surface area contributed by atoms with E-state index >= 15 is 0 Å². The number of hydrogen-bond donors (Lipinski definition) is 0. The van der Waals surface area contributed by atoms with Crippen molar-refractivity contribution in [1.29, 1.82) is 0 Å². The summed E-state index contributed by atoms with van der Waals surface area (Å²) in [6.07, 6.45) is -0.212. The van der Waals surface area contributed by atoms with E-state index in [1.165, 1.54) is 5.56 Å². The highest BCUT2D eigenvalue weighted by molar-refractivity contribution is 7.98. The number of thioether (sulfide) groups is 1. The Bertz CT molecular complexity index is 866. The normalized spacial score (nSPS) is 12.0. The van der Waals surface area contributed by atoms with Crippen molar-refractivity contribution in [2.24, 2.45) is 0 Å². The molecule has 1 unspecified atom stereocenters. The molecule has 0 saturated heterocycles. The second-order valence-electron chi connectivity index (χ2n) is 5.94. The number of methoxy groups -OCH3 is 1. The molecule has 3 aromatic rings. The van der Waals surface area contributed by atoms with E-state index in [0.717, 1.165) is 39.8 Å². The zero-order chi connectivity index (χ0) is 19.2. The molecule has 2 aromatic carbocycles. The third-order valence-electron chi connectivity index (χ3n) is 4.08. The van der Waals surface area contributed by atoms with Gasteiger partial charge in [0.2, 0.25) is 0 Å². The number of halogens is 1. The van der Waals surface area contributed by atoms with E-state index in [2.05, 4.69) is 21.7 Å². The van der Waals surface area contributed by atoms with Gasteiger partial charge in [0.05, 0.1) is 7.11 Å². The fourth-order valence-electron chi connectivity index (χ4n) is 2.64. The molecule has 1 heterocycles. The second-order valence-corrected chi connectivity index (χ2v) is 7.31. The van der Waals surface area contributed by atoms with Crippen LogP contribution in [0.2, 0.25) is 5.02 Å². The standard InChI is InChI=1S/C20H22ClN3O2S/c1-4-24-19(14(2)26-18-11-9-17(25-3)10-12-18)22-23-20(24)27-13-15-5-7-16(21)8-6-15/h5-12,14H,4,13H2,1-3H3. The average molecular weight is 404 g/mol. The van der Waals surface area contributed by atoms with Crippen LogP contribution in [0.5, 0.6) is 11.5 Å². The molecule has 1 aromatic heterocycles. The zero-order valence-corrected chi connectivity index (χ0v) is 17.1. The Labute approximate surface area is 168 Å². The molecule has 0 radical (unpaired) electrons. The maximum absolute atomic E-state index is 6.03. The van der Waals surface area contributed by atoms with Crippen LogP contribution in [0.4, 0.5) is 0 Å². The molecule has 0 aliphatic carbocycles. The van der Waals surface area contributed by atoms with Crippen molar-refractivity contribution in [2.75, 3.05) is 7.11 Å². The van der Waals surface area contributed by atoms with Crippen LogP contribution >= 0.6 is 23.4 Å². The Hall–Kier alpha value is -2.18. The molecule has 0 aliphatic rings. The van der Waals surface area contributed by atoms with Gasteiger partial charge in [-0.2, -0.15) is 0 Å². The average Bonchev–Trinajstić information content (AvgIpc) is 3.11. The lowest BCUT2D eigenvalue weighted by Crippen LogP contribution is -2.12. The zero-order valence-electron chi connectivity index (χ0n) is 15.6. The number of benzene rings is 2. The summed E-state index contributed by atoms with van der Waals surface area (Å²) < 4.78 is 13.3. The number of rotatable bonds is 8. The molecule has 142 valence electrons. The summed E-state index contributed by atoms with van der Waals surface area (Å²) in [7, 11) is 1.64. The van der Waals surface area contributed by atoms with Crippen LogP contribution in [-0.2, 0) is 12.3 Å². The summed E-state index contributed by atoms with van der Waals surface area (Å²) in [5.74, 6) is 3.19. The Morgan fingerprint density at radius 3 is 2.33 bits per heavy atom. The molecule has 0 saturated carbocycles. The molecule has 0 bridgehead atoms. The van der Waals surface area contributed by atoms with Crippen LogP contribution in [0.15, 0.2) is 53.7 Å². The largest absolute Gasteiger partial charge is 0.497 e. The van der Waals surface area contributed by atoms with E-state index in [9.17, 15) is 0 Å². The van der Waals surface area contributed by atoms with Gasteiger partial charge in [-0.15, -0.1) is 10.2 Å². The van der Waals surface area contributed by atoms with Gasteiger partial charge in [0.15, 0.2) is 17.1 Å². The Balaban J connectivity index is 1.69. The van der Waals surface area contributed by atoms with Gasteiger partial charge in [-0.3, -0.25) is 0 Å². The highest BCUT2D eigenvalue weighted by Crippen LogP contribution is 2.27. The van der Waals surface area contributed by atoms with Crippen LogP contribution in [0.3, 0.4) is 0 Å². The van der Waals surface area contributed by atoms with Crippen LogP contribution in [0.1, 0.15) is 31.3 Å². The molecule has 0 spiro atoms. The predicted molar refractivity (Wildman–Crippen MR) is 109 cm³/mol. The van der Waals surface area contributed by atoms with Crippen LogP contribution < -0.4 is 9.47 Å². The maximum Gasteiger partial charge on any atom is 0.191 e. The SMILES string of the molecule is CCn1c(SCc2ccc(Cl)cc2)nnc1C(C)Oc1ccc(OC)cc1. The molecular weight excluding hydrogens is 382 g/mol. The van der Waals surface area contributed by atoms with Gasteiger partial charge in [0, 0.05) is 17.3 Å². The first-order chi connectivity index (χ1) is 13.1. The highest BCUT2D eigenvalue weighted by atomic mass is 35.5. The molecular formula is C20H22ClN3O2S. The van der Waals surface area contributed by atoms with Crippen molar-refractivity contribution < 1.29 is 9.47 Å².